The van der Waals surface area contributed by atoms with Gasteiger partial charge in [-0.2, -0.15) is 0 Å². The molecule has 1 fully saturated rings. The minimum absolute atomic E-state index is 0.257. The molecule has 2 rings (SSSR count). The van der Waals surface area contributed by atoms with Crippen molar-refractivity contribution in [1.29, 1.82) is 0 Å². The molecule has 1 aliphatic rings. The Balaban J connectivity index is 2.22. The number of nitrogens with one attached hydrogen (secondary N) is 1. The number of rotatable bonds is 7. The molecule has 1 aromatic rings. The van der Waals surface area contributed by atoms with Crippen molar-refractivity contribution in [2.45, 2.75) is 69.1 Å². The Morgan fingerprint density at radius 3 is 2.48 bits per heavy atom. The van der Waals surface area contributed by atoms with E-state index in [4.69, 9.17) is 0 Å². The lowest BCUT2D eigenvalue weighted by Crippen LogP contribution is -2.45. The Morgan fingerprint density at radius 1 is 1.13 bits per heavy atom. The molecule has 130 valence electrons. The summed E-state index contributed by atoms with van der Waals surface area (Å²) in [5.41, 5.74) is 1.55. The molecule has 0 saturated carbocycles. The van der Waals surface area contributed by atoms with Gasteiger partial charge in [0.2, 0.25) is 0 Å². The molecule has 1 aromatic carbocycles. The van der Waals surface area contributed by atoms with Crippen LogP contribution < -0.4 is 5.32 Å². The fourth-order valence-electron chi connectivity index (χ4n) is 3.29. The number of hydrogen-bond acceptors (Lipinski definition) is 3. The monoisotopic (exact) mass is 334 g/mol. The summed E-state index contributed by atoms with van der Waals surface area (Å²) in [4.78, 5) is 4.17. The third-order valence-electron chi connectivity index (χ3n) is 4.37. The van der Waals surface area contributed by atoms with E-state index in [-0.39, 0.29) is 4.75 Å². The molecule has 1 aliphatic heterocycles. The first-order chi connectivity index (χ1) is 11.0. The first-order valence-electron chi connectivity index (χ1n) is 9.24. The predicted molar refractivity (Wildman–Crippen MR) is 103 cm³/mol. The van der Waals surface area contributed by atoms with Crippen molar-refractivity contribution < 1.29 is 0 Å². The van der Waals surface area contributed by atoms with Crippen LogP contribution in [-0.2, 0) is 0 Å². The number of piperazine rings is 1. The van der Waals surface area contributed by atoms with Gasteiger partial charge in [-0.1, -0.05) is 65.2 Å². The van der Waals surface area contributed by atoms with Crippen LogP contribution in [0.1, 0.15) is 65.0 Å². The van der Waals surface area contributed by atoms with Crippen molar-refractivity contribution >= 4 is 11.8 Å². The molecular weight excluding hydrogens is 300 g/mol. The van der Waals surface area contributed by atoms with Gasteiger partial charge in [-0.15, -0.1) is 11.8 Å². The van der Waals surface area contributed by atoms with Gasteiger partial charge >= 0.3 is 0 Å². The van der Waals surface area contributed by atoms with Gasteiger partial charge in [0, 0.05) is 41.9 Å². The van der Waals surface area contributed by atoms with Gasteiger partial charge in [0.25, 0.3) is 0 Å². The zero-order chi connectivity index (χ0) is 16.7. The maximum absolute atomic E-state index is 3.49. The molecule has 1 heterocycles. The molecule has 0 unspecified atom stereocenters. The third kappa shape index (κ3) is 6.13. The Morgan fingerprint density at radius 2 is 1.83 bits per heavy atom. The van der Waals surface area contributed by atoms with Crippen LogP contribution in [0.25, 0.3) is 0 Å². The van der Waals surface area contributed by atoms with Crippen LogP contribution in [0.3, 0.4) is 0 Å². The molecule has 1 saturated heterocycles. The van der Waals surface area contributed by atoms with E-state index >= 15 is 0 Å². The lowest BCUT2D eigenvalue weighted by atomic mass is 9.98. The average Bonchev–Trinajstić information content (AvgIpc) is 2.52. The van der Waals surface area contributed by atoms with Gasteiger partial charge in [0.05, 0.1) is 0 Å². The molecule has 0 amide bonds. The molecule has 2 nitrogen and oxygen atoms in total. The van der Waals surface area contributed by atoms with Crippen molar-refractivity contribution in [1.82, 2.24) is 10.2 Å². The Kier molecular flexibility index (Phi) is 7.45. The van der Waals surface area contributed by atoms with Crippen molar-refractivity contribution in [3.8, 4) is 0 Å². The van der Waals surface area contributed by atoms with E-state index < -0.39 is 0 Å². The van der Waals surface area contributed by atoms with Crippen LogP contribution in [0, 0.1) is 0 Å². The molecule has 0 bridgehead atoms. The van der Waals surface area contributed by atoms with E-state index in [2.05, 4.69) is 62.2 Å². The molecule has 0 aromatic heterocycles. The SMILES string of the molecule is CCCCC[C@H](c1ccccc1SC(C)(C)C)N1CCNCC1. The molecule has 1 N–H and O–H groups in total. The Bertz CT molecular complexity index is 461. The second-order valence-electron chi connectivity index (χ2n) is 7.55. The summed E-state index contributed by atoms with van der Waals surface area (Å²) < 4.78 is 0.257. The molecule has 23 heavy (non-hydrogen) atoms. The summed E-state index contributed by atoms with van der Waals surface area (Å²) in [6, 6.07) is 9.68. The Hall–Kier alpha value is -0.510. The molecule has 0 spiro atoms. The number of nitrogens with zero attached hydrogens (tertiary/aromatic N) is 1. The number of hydrogen-bond donors (Lipinski definition) is 1. The topological polar surface area (TPSA) is 15.3 Å². The smallest absolute Gasteiger partial charge is 0.0360 e. The summed E-state index contributed by atoms with van der Waals surface area (Å²) in [5, 5.41) is 3.49. The highest BCUT2D eigenvalue weighted by Gasteiger charge is 2.25. The van der Waals surface area contributed by atoms with Gasteiger partial charge in [-0.25, -0.2) is 0 Å². The summed E-state index contributed by atoms with van der Waals surface area (Å²) >= 11 is 2.02. The van der Waals surface area contributed by atoms with E-state index in [1.807, 2.05) is 11.8 Å². The number of thioether (sulfide) groups is 1. The van der Waals surface area contributed by atoms with E-state index in [1.165, 1.54) is 43.7 Å². The predicted octanol–water partition coefficient (Wildman–Crippen LogP) is 5.10. The van der Waals surface area contributed by atoms with Crippen LogP contribution in [0.2, 0.25) is 0 Å². The summed E-state index contributed by atoms with van der Waals surface area (Å²) in [6.07, 6.45) is 5.26. The highest BCUT2D eigenvalue weighted by Crippen LogP contribution is 2.39. The quantitative estimate of drug-likeness (QED) is 0.551. The molecule has 0 aliphatic carbocycles. The average molecular weight is 335 g/mol. The van der Waals surface area contributed by atoms with Crippen LogP contribution in [-0.4, -0.2) is 35.8 Å². The second kappa shape index (κ2) is 9.10. The Labute approximate surface area is 147 Å². The first-order valence-corrected chi connectivity index (χ1v) is 10.1. The minimum atomic E-state index is 0.257. The van der Waals surface area contributed by atoms with Crippen LogP contribution in [0.4, 0.5) is 0 Å². The lowest BCUT2D eigenvalue weighted by Gasteiger charge is -2.36. The zero-order valence-corrected chi connectivity index (χ0v) is 16.2. The molecular formula is C20H34N2S. The van der Waals surface area contributed by atoms with Crippen molar-refractivity contribution in [3.63, 3.8) is 0 Å². The van der Waals surface area contributed by atoms with E-state index in [0.717, 1.165) is 13.1 Å². The van der Waals surface area contributed by atoms with Crippen molar-refractivity contribution in [3.05, 3.63) is 29.8 Å². The van der Waals surface area contributed by atoms with E-state index in [0.29, 0.717) is 6.04 Å². The summed E-state index contributed by atoms with van der Waals surface area (Å²) in [6.45, 7) is 13.8. The summed E-state index contributed by atoms with van der Waals surface area (Å²) in [7, 11) is 0. The second-order valence-corrected chi connectivity index (χ2v) is 9.42. The van der Waals surface area contributed by atoms with Crippen LogP contribution >= 0.6 is 11.8 Å². The largest absolute Gasteiger partial charge is 0.314 e. The molecule has 0 radical (unpaired) electrons. The fourth-order valence-corrected chi connectivity index (χ4v) is 4.42. The van der Waals surface area contributed by atoms with E-state index in [9.17, 15) is 0 Å². The minimum Gasteiger partial charge on any atom is -0.314 e. The highest BCUT2D eigenvalue weighted by molar-refractivity contribution is 8.00. The third-order valence-corrected chi connectivity index (χ3v) is 5.57. The maximum Gasteiger partial charge on any atom is 0.0360 e. The summed E-state index contributed by atoms with van der Waals surface area (Å²) in [5.74, 6) is 0. The van der Waals surface area contributed by atoms with E-state index in [1.54, 1.807) is 5.56 Å². The highest BCUT2D eigenvalue weighted by atomic mass is 32.2. The number of benzene rings is 1. The van der Waals surface area contributed by atoms with Gasteiger partial charge < -0.3 is 5.32 Å². The lowest BCUT2D eigenvalue weighted by molar-refractivity contribution is 0.161. The number of unbranched alkanes of at least 4 members (excludes halogenated alkanes) is 2. The fraction of sp³-hybridized carbons (Fsp3) is 0.700. The van der Waals surface area contributed by atoms with Gasteiger partial charge in [-0.3, -0.25) is 4.90 Å². The molecule has 1 atom stereocenters. The van der Waals surface area contributed by atoms with Gasteiger partial charge in [0.15, 0.2) is 0 Å². The zero-order valence-electron chi connectivity index (χ0n) is 15.4. The first kappa shape index (κ1) is 18.8. The van der Waals surface area contributed by atoms with Crippen LogP contribution in [0.5, 0.6) is 0 Å². The van der Waals surface area contributed by atoms with Gasteiger partial charge in [-0.05, 0) is 18.1 Å². The normalized spacial score (nSPS) is 18.1. The van der Waals surface area contributed by atoms with Crippen molar-refractivity contribution in [2.75, 3.05) is 26.2 Å². The molecule has 3 heteroatoms. The van der Waals surface area contributed by atoms with Crippen LogP contribution in [0.15, 0.2) is 29.2 Å². The van der Waals surface area contributed by atoms with Gasteiger partial charge in [0.1, 0.15) is 0 Å². The van der Waals surface area contributed by atoms with Crippen molar-refractivity contribution in [2.24, 2.45) is 0 Å². The standard InChI is InChI=1S/C20H34N2S/c1-5-6-7-11-18(22-15-13-21-14-16-22)17-10-8-9-12-19(17)23-20(2,3)4/h8-10,12,18,21H,5-7,11,13-16H2,1-4H3/t18-/m1/s1. The maximum atomic E-state index is 3.49.